The molecule has 1 amide bonds. The van der Waals surface area contributed by atoms with Crippen LogP contribution in [0.4, 0.5) is 0 Å². The predicted octanol–water partition coefficient (Wildman–Crippen LogP) is 2.73. The van der Waals surface area contributed by atoms with Crippen LogP contribution in [0.1, 0.15) is 54.9 Å². The summed E-state index contributed by atoms with van der Waals surface area (Å²) in [5.41, 5.74) is 8.36. The number of aliphatic imine (C=N–C) groups is 1. The van der Waals surface area contributed by atoms with Gasteiger partial charge in [-0.1, -0.05) is 23.8 Å². The molecule has 1 aromatic rings. The number of benzene rings is 1. The number of rotatable bonds is 7. The number of carbonyl (C=O) groups excluding carboxylic acids is 1. The summed E-state index contributed by atoms with van der Waals surface area (Å²) >= 11 is 0. The average Bonchev–Trinajstić information content (AvgIpc) is 2.61. The predicted molar refractivity (Wildman–Crippen MR) is 98.9 cm³/mol. The summed E-state index contributed by atoms with van der Waals surface area (Å²) in [6.45, 7) is 4.27. The third kappa shape index (κ3) is 6.07. The SMILES string of the molecule is CCNC(=NCc1cccc(C(N)=O)c1)NCCC1=CCCCC1. The number of hydrogen-bond acceptors (Lipinski definition) is 2. The summed E-state index contributed by atoms with van der Waals surface area (Å²) in [4.78, 5) is 15.8. The summed E-state index contributed by atoms with van der Waals surface area (Å²) in [5.74, 6) is 0.394. The monoisotopic (exact) mass is 328 g/mol. The van der Waals surface area contributed by atoms with E-state index in [4.69, 9.17) is 5.73 Å². The van der Waals surface area contributed by atoms with Gasteiger partial charge in [-0.05, 0) is 56.7 Å². The highest BCUT2D eigenvalue weighted by Gasteiger charge is 2.05. The van der Waals surface area contributed by atoms with Crippen LogP contribution >= 0.6 is 0 Å². The van der Waals surface area contributed by atoms with Gasteiger partial charge in [0, 0.05) is 18.7 Å². The summed E-state index contributed by atoms with van der Waals surface area (Å²) < 4.78 is 0. The molecule has 0 spiro atoms. The molecule has 24 heavy (non-hydrogen) atoms. The van der Waals surface area contributed by atoms with Gasteiger partial charge in [-0.25, -0.2) is 4.99 Å². The molecule has 4 N–H and O–H groups in total. The third-order valence-corrected chi connectivity index (χ3v) is 4.10. The van der Waals surface area contributed by atoms with E-state index in [-0.39, 0.29) is 0 Å². The molecule has 0 aliphatic heterocycles. The van der Waals surface area contributed by atoms with Crippen molar-refractivity contribution in [2.24, 2.45) is 10.7 Å². The lowest BCUT2D eigenvalue weighted by molar-refractivity contribution is 0.1000. The molecule has 0 saturated heterocycles. The zero-order valence-corrected chi connectivity index (χ0v) is 14.5. The van der Waals surface area contributed by atoms with Crippen molar-refractivity contribution in [1.29, 1.82) is 0 Å². The molecule has 1 aliphatic carbocycles. The number of guanidine groups is 1. The Kier molecular flexibility index (Phi) is 7.33. The van der Waals surface area contributed by atoms with Crippen LogP contribution in [0.2, 0.25) is 0 Å². The van der Waals surface area contributed by atoms with Crippen LogP contribution in [0.25, 0.3) is 0 Å². The van der Waals surface area contributed by atoms with E-state index in [1.54, 1.807) is 17.7 Å². The van der Waals surface area contributed by atoms with Crippen molar-refractivity contribution in [2.45, 2.75) is 45.6 Å². The van der Waals surface area contributed by atoms with Gasteiger partial charge >= 0.3 is 0 Å². The fourth-order valence-electron chi connectivity index (χ4n) is 2.81. The maximum Gasteiger partial charge on any atom is 0.248 e. The van der Waals surface area contributed by atoms with Crippen LogP contribution in [-0.4, -0.2) is 25.0 Å². The molecule has 1 aromatic carbocycles. The normalized spacial score (nSPS) is 14.9. The van der Waals surface area contributed by atoms with Crippen LogP contribution in [0.15, 0.2) is 40.9 Å². The quantitative estimate of drug-likeness (QED) is 0.409. The molecule has 130 valence electrons. The fraction of sp³-hybridized carbons (Fsp3) is 0.474. The van der Waals surface area contributed by atoms with Crippen molar-refractivity contribution in [3.05, 3.63) is 47.0 Å². The smallest absolute Gasteiger partial charge is 0.248 e. The number of amides is 1. The number of hydrogen-bond donors (Lipinski definition) is 3. The van der Waals surface area contributed by atoms with Gasteiger partial charge < -0.3 is 16.4 Å². The molecule has 5 nitrogen and oxygen atoms in total. The molecule has 0 fully saturated rings. The molecule has 5 heteroatoms. The Morgan fingerprint density at radius 3 is 2.88 bits per heavy atom. The summed E-state index contributed by atoms with van der Waals surface area (Å²) in [6.07, 6.45) is 8.54. The Balaban J connectivity index is 1.88. The minimum Gasteiger partial charge on any atom is -0.366 e. The average molecular weight is 328 g/mol. The zero-order valence-electron chi connectivity index (χ0n) is 14.5. The van der Waals surface area contributed by atoms with Crippen LogP contribution in [0, 0.1) is 0 Å². The molecule has 2 rings (SSSR count). The van der Waals surface area contributed by atoms with E-state index in [0.717, 1.165) is 31.0 Å². The zero-order chi connectivity index (χ0) is 17.2. The first-order chi connectivity index (χ1) is 11.7. The van der Waals surface area contributed by atoms with E-state index in [1.807, 2.05) is 12.1 Å². The largest absolute Gasteiger partial charge is 0.366 e. The lowest BCUT2D eigenvalue weighted by Crippen LogP contribution is -2.37. The van der Waals surface area contributed by atoms with Gasteiger partial charge in [-0.3, -0.25) is 4.79 Å². The highest BCUT2D eigenvalue weighted by Crippen LogP contribution is 2.19. The first kappa shape index (κ1) is 18.0. The van der Waals surface area contributed by atoms with Gasteiger partial charge in [0.25, 0.3) is 0 Å². The van der Waals surface area contributed by atoms with E-state index >= 15 is 0 Å². The van der Waals surface area contributed by atoms with E-state index < -0.39 is 5.91 Å². The molecule has 0 heterocycles. The molecule has 0 saturated carbocycles. The molecular weight excluding hydrogens is 300 g/mol. The van der Waals surface area contributed by atoms with Crippen LogP contribution < -0.4 is 16.4 Å². The highest BCUT2D eigenvalue weighted by molar-refractivity contribution is 5.92. The minimum atomic E-state index is -0.411. The second-order valence-electron chi connectivity index (χ2n) is 6.04. The number of nitrogens with two attached hydrogens (primary N) is 1. The Morgan fingerprint density at radius 2 is 2.17 bits per heavy atom. The summed E-state index contributed by atoms with van der Waals surface area (Å²) in [5, 5.41) is 6.64. The first-order valence-electron chi connectivity index (χ1n) is 8.78. The Bertz CT molecular complexity index is 607. The van der Waals surface area contributed by atoms with Crippen LogP contribution in [0.5, 0.6) is 0 Å². The van der Waals surface area contributed by atoms with E-state index in [2.05, 4.69) is 28.6 Å². The Hall–Kier alpha value is -2.30. The fourth-order valence-corrected chi connectivity index (χ4v) is 2.81. The van der Waals surface area contributed by atoms with Crippen LogP contribution in [0.3, 0.4) is 0 Å². The van der Waals surface area contributed by atoms with Gasteiger partial charge in [0.1, 0.15) is 0 Å². The number of allylic oxidation sites excluding steroid dienone is 1. The van der Waals surface area contributed by atoms with Crippen molar-refractivity contribution in [2.75, 3.05) is 13.1 Å². The van der Waals surface area contributed by atoms with Crippen molar-refractivity contribution < 1.29 is 4.79 Å². The van der Waals surface area contributed by atoms with Crippen molar-refractivity contribution in [3.63, 3.8) is 0 Å². The lowest BCUT2D eigenvalue weighted by Gasteiger charge is -2.15. The topological polar surface area (TPSA) is 79.5 Å². The Labute approximate surface area is 144 Å². The summed E-state index contributed by atoms with van der Waals surface area (Å²) in [6, 6.07) is 7.30. The second kappa shape index (κ2) is 9.75. The Morgan fingerprint density at radius 1 is 1.29 bits per heavy atom. The second-order valence-corrected chi connectivity index (χ2v) is 6.04. The molecule has 0 radical (unpaired) electrons. The summed E-state index contributed by atoms with van der Waals surface area (Å²) in [7, 11) is 0. The molecule has 0 bridgehead atoms. The van der Waals surface area contributed by atoms with Crippen molar-refractivity contribution in [3.8, 4) is 0 Å². The van der Waals surface area contributed by atoms with Gasteiger partial charge in [0.05, 0.1) is 6.54 Å². The van der Waals surface area contributed by atoms with Gasteiger partial charge in [-0.15, -0.1) is 0 Å². The maximum absolute atomic E-state index is 11.2. The van der Waals surface area contributed by atoms with E-state index in [0.29, 0.717) is 12.1 Å². The lowest BCUT2D eigenvalue weighted by atomic mass is 9.97. The number of nitrogens with zero attached hydrogens (tertiary/aromatic N) is 1. The van der Waals surface area contributed by atoms with Crippen LogP contribution in [-0.2, 0) is 6.54 Å². The highest BCUT2D eigenvalue weighted by atomic mass is 16.1. The number of carbonyl (C=O) groups is 1. The van der Waals surface area contributed by atoms with E-state index in [1.165, 1.54) is 25.7 Å². The standard InChI is InChI=1S/C19H28N4O/c1-2-21-19(22-12-11-15-7-4-3-5-8-15)23-14-16-9-6-10-17(13-16)18(20)24/h6-7,9-10,13H,2-5,8,11-12,14H2,1H3,(H2,20,24)(H2,21,22,23). The molecular formula is C19H28N4O. The van der Waals surface area contributed by atoms with Gasteiger partial charge in [-0.2, -0.15) is 0 Å². The third-order valence-electron chi connectivity index (χ3n) is 4.10. The number of nitrogens with one attached hydrogen (secondary N) is 2. The van der Waals surface area contributed by atoms with Gasteiger partial charge in [0.2, 0.25) is 5.91 Å². The maximum atomic E-state index is 11.2. The van der Waals surface area contributed by atoms with Crippen molar-refractivity contribution in [1.82, 2.24) is 10.6 Å². The molecule has 0 unspecified atom stereocenters. The minimum absolute atomic E-state index is 0.411. The van der Waals surface area contributed by atoms with Crippen molar-refractivity contribution >= 4 is 11.9 Å². The first-order valence-corrected chi connectivity index (χ1v) is 8.78. The molecule has 1 aliphatic rings. The van der Waals surface area contributed by atoms with E-state index in [9.17, 15) is 4.79 Å². The molecule has 0 atom stereocenters. The van der Waals surface area contributed by atoms with Gasteiger partial charge in [0.15, 0.2) is 5.96 Å². The number of primary amides is 1. The molecule has 0 aromatic heterocycles.